The van der Waals surface area contributed by atoms with Crippen molar-refractivity contribution in [3.05, 3.63) is 29.8 Å². The van der Waals surface area contributed by atoms with Gasteiger partial charge in [0.15, 0.2) is 5.96 Å². The molecule has 1 aliphatic carbocycles. The Labute approximate surface area is 127 Å². The van der Waals surface area contributed by atoms with Gasteiger partial charge in [0.2, 0.25) is 0 Å². The van der Waals surface area contributed by atoms with Gasteiger partial charge in [-0.3, -0.25) is 4.99 Å². The summed E-state index contributed by atoms with van der Waals surface area (Å²) >= 11 is 0. The topological polar surface area (TPSA) is 45.7 Å². The summed E-state index contributed by atoms with van der Waals surface area (Å²) in [5.74, 6) is 2.89. The van der Waals surface area contributed by atoms with Gasteiger partial charge in [-0.05, 0) is 24.8 Å². The van der Waals surface area contributed by atoms with E-state index in [1.165, 1.54) is 31.2 Å². The van der Waals surface area contributed by atoms with Crippen molar-refractivity contribution in [1.29, 1.82) is 0 Å². The Hall–Kier alpha value is -1.71. The number of ether oxygens (including phenoxy) is 1. The van der Waals surface area contributed by atoms with Gasteiger partial charge < -0.3 is 15.4 Å². The maximum atomic E-state index is 5.70. The lowest BCUT2D eigenvalue weighted by molar-refractivity contribution is 0.261. The Morgan fingerprint density at radius 2 is 2.14 bits per heavy atom. The molecule has 3 rings (SSSR count). The van der Waals surface area contributed by atoms with E-state index >= 15 is 0 Å². The zero-order valence-corrected chi connectivity index (χ0v) is 12.8. The van der Waals surface area contributed by atoms with E-state index in [-0.39, 0.29) is 6.04 Å². The van der Waals surface area contributed by atoms with Gasteiger partial charge in [0.05, 0.1) is 12.6 Å². The number of nitrogens with zero attached hydrogens (tertiary/aromatic N) is 1. The van der Waals surface area contributed by atoms with Gasteiger partial charge in [-0.15, -0.1) is 0 Å². The molecule has 4 heteroatoms. The van der Waals surface area contributed by atoms with Crippen LogP contribution in [0.25, 0.3) is 0 Å². The number of benzene rings is 1. The van der Waals surface area contributed by atoms with Crippen LogP contribution in [0.1, 0.15) is 43.7 Å². The summed E-state index contributed by atoms with van der Waals surface area (Å²) < 4.78 is 5.70. The van der Waals surface area contributed by atoms with Crippen molar-refractivity contribution in [3.63, 3.8) is 0 Å². The van der Waals surface area contributed by atoms with E-state index in [4.69, 9.17) is 4.74 Å². The Bertz CT molecular complexity index is 497. The van der Waals surface area contributed by atoms with Crippen molar-refractivity contribution < 1.29 is 4.74 Å². The molecule has 0 spiro atoms. The fraction of sp³-hybridized carbons (Fsp3) is 0.588. The van der Waals surface area contributed by atoms with E-state index in [0.29, 0.717) is 0 Å². The third-order valence-electron chi connectivity index (χ3n) is 4.27. The standard InChI is InChI=1S/C17H25N3O/c1-18-17(19-11-4-5-13-8-9-13)20-15-10-12-21-16-7-3-2-6-14(15)16/h2-3,6-7,13,15H,4-5,8-12H2,1H3,(H2,18,19,20). The number of para-hydroxylation sites is 1. The summed E-state index contributed by atoms with van der Waals surface area (Å²) in [5, 5.41) is 6.95. The normalized spacial score (nSPS) is 21.4. The molecule has 1 saturated carbocycles. The van der Waals surface area contributed by atoms with Crippen LogP contribution in [0.3, 0.4) is 0 Å². The van der Waals surface area contributed by atoms with E-state index < -0.39 is 0 Å². The third kappa shape index (κ3) is 3.90. The molecule has 2 N–H and O–H groups in total. The molecule has 1 unspecified atom stereocenters. The molecule has 2 aliphatic rings. The summed E-state index contributed by atoms with van der Waals surface area (Å²) in [4.78, 5) is 4.34. The van der Waals surface area contributed by atoms with Crippen LogP contribution < -0.4 is 15.4 Å². The SMILES string of the molecule is CN=C(NCCCC1CC1)NC1CCOc2ccccc21. The second-order valence-corrected chi connectivity index (χ2v) is 5.96. The zero-order valence-electron chi connectivity index (χ0n) is 12.8. The molecule has 4 nitrogen and oxygen atoms in total. The first-order valence-corrected chi connectivity index (χ1v) is 8.05. The second-order valence-electron chi connectivity index (χ2n) is 5.96. The molecule has 1 fully saturated rings. The monoisotopic (exact) mass is 287 g/mol. The first-order valence-electron chi connectivity index (χ1n) is 8.05. The fourth-order valence-corrected chi connectivity index (χ4v) is 2.86. The van der Waals surface area contributed by atoms with Gasteiger partial charge >= 0.3 is 0 Å². The maximum absolute atomic E-state index is 5.70. The quantitative estimate of drug-likeness (QED) is 0.497. The van der Waals surface area contributed by atoms with E-state index in [0.717, 1.165) is 37.2 Å². The van der Waals surface area contributed by atoms with Gasteiger partial charge in [0.25, 0.3) is 0 Å². The van der Waals surface area contributed by atoms with Crippen molar-refractivity contribution in [2.45, 2.75) is 38.1 Å². The number of fused-ring (bicyclic) bond motifs is 1. The number of hydrogen-bond donors (Lipinski definition) is 2. The molecular formula is C17H25N3O. The number of guanidine groups is 1. The highest BCUT2D eigenvalue weighted by atomic mass is 16.5. The molecule has 0 amide bonds. The third-order valence-corrected chi connectivity index (χ3v) is 4.27. The van der Waals surface area contributed by atoms with Crippen molar-refractivity contribution >= 4 is 5.96 Å². The molecule has 0 saturated heterocycles. The Balaban J connectivity index is 1.52. The molecule has 1 aromatic rings. The molecule has 1 aliphatic heterocycles. The number of nitrogens with one attached hydrogen (secondary N) is 2. The highest BCUT2D eigenvalue weighted by molar-refractivity contribution is 5.80. The van der Waals surface area contributed by atoms with Gasteiger partial charge in [-0.2, -0.15) is 0 Å². The van der Waals surface area contributed by atoms with Crippen LogP contribution in [0.5, 0.6) is 5.75 Å². The molecule has 0 bridgehead atoms. The second kappa shape index (κ2) is 6.83. The molecule has 1 aromatic carbocycles. The molecule has 114 valence electrons. The highest BCUT2D eigenvalue weighted by Crippen LogP contribution is 2.33. The molecule has 1 heterocycles. The summed E-state index contributed by atoms with van der Waals surface area (Å²) in [6, 6.07) is 8.53. The average Bonchev–Trinajstić information content (AvgIpc) is 3.35. The van der Waals surface area contributed by atoms with Gasteiger partial charge in [0.1, 0.15) is 5.75 Å². The van der Waals surface area contributed by atoms with Crippen LogP contribution in [-0.4, -0.2) is 26.2 Å². The lowest BCUT2D eigenvalue weighted by atomic mass is 10.0. The summed E-state index contributed by atoms with van der Waals surface area (Å²) in [7, 11) is 1.83. The molecule has 1 atom stereocenters. The summed E-state index contributed by atoms with van der Waals surface area (Å²) in [6.45, 7) is 1.76. The first-order chi connectivity index (χ1) is 10.4. The van der Waals surface area contributed by atoms with E-state index in [2.05, 4.69) is 27.8 Å². The molecule has 21 heavy (non-hydrogen) atoms. The van der Waals surface area contributed by atoms with Gasteiger partial charge in [-0.1, -0.05) is 31.0 Å². The summed E-state index contributed by atoms with van der Waals surface area (Å²) in [6.07, 6.45) is 6.43. The van der Waals surface area contributed by atoms with Crippen LogP contribution in [0, 0.1) is 5.92 Å². The van der Waals surface area contributed by atoms with E-state index in [1.54, 1.807) is 0 Å². The van der Waals surface area contributed by atoms with Crippen molar-refractivity contribution in [2.75, 3.05) is 20.2 Å². The van der Waals surface area contributed by atoms with E-state index in [9.17, 15) is 0 Å². The van der Waals surface area contributed by atoms with Crippen LogP contribution in [0.2, 0.25) is 0 Å². The molecular weight excluding hydrogens is 262 g/mol. The first kappa shape index (κ1) is 14.2. The Morgan fingerprint density at radius 1 is 1.29 bits per heavy atom. The van der Waals surface area contributed by atoms with Crippen LogP contribution >= 0.6 is 0 Å². The van der Waals surface area contributed by atoms with Crippen molar-refractivity contribution in [3.8, 4) is 5.75 Å². The zero-order chi connectivity index (χ0) is 14.5. The maximum Gasteiger partial charge on any atom is 0.191 e. The van der Waals surface area contributed by atoms with Gasteiger partial charge in [0, 0.05) is 25.6 Å². The lowest BCUT2D eigenvalue weighted by Gasteiger charge is -2.28. The van der Waals surface area contributed by atoms with Crippen LogP contribution in [0.4, 0.5) is 0 Å². The smallest absolute Gasteiger partial charge is 0.191 e. The lowest BCUT2D eigenvalue weighted by Crippen LogP contribution is -2.41. The fourth-order valence-electron chi connectivity index (χ4n) is 2.86. The number of aliphatic imine (C=N–C) groups is 1. The van der Waals surface area contributed by atoms with E-state index in [1.807, 2.05) is 19.2 Å². The minimum Gasteiger partial charge on any atom is -0.493 e. The minimum absolute atomic E-state index is 0.282. The van der Waals surface area contributed by atoms with Crippen LogP contribution in [0.15, 0.2) is 29.3 Å². The predicted molar refractivity (Wildman–Crippen MR) is 85.8 cm³/mol. The van der Waals surface area contributed by atoms with Crippen molar-refractivity contribution in [1.82, 2.24) is 10.6 Å². The van der Waals surface area contributed by atoms with Gasteiger partial charge in [-0.25, -0.2) is 0 Å². The average molecular weight is 287 g/mol. The summed E-state index contributed by atoms with van der Waals surface area (Å²) in [5.41, 5.74) is 1.23. The molecule has 0 radical (unpaired) electrons. The number of hydrogen-bond acceptors (Lipinski definition) is 2. The highest BCUT2D eigenvalue weighted by Gasteiger charge is 2.22. The van der Waals surface area contributed by atoms with Crippen LogP contribution in [-0.2, 0) is 0 Å². The Kier molecular flexibility index (Phi) is 4.63. The number of rotatable bonds is 5. The minimum atomic E-state index is 0.282. The Morgan fingerprint density at radius 3 is 2.95 bits per heavy atom. The molecule has 0 aromatic heterocycles. The van der Waals surface area contributed by atoms with Crippen molar-refractivity contribution in [2.24, 2.45) is 10.9 Å². The largest absolute Gasteiger partial charge is 0.493 e. The predicted octanol–water partition coefficient (Wildman–Crippen LogP) is 2.87.